The molecule has 23 heavy (non-hydrogen) atoms. The molecule has 1 aromatic rings. The van der Waals surface area contributed by atoms with Crippen molar-refractivity contribution in [1.29, 1.82) is 0 Å². The summed E-state index contributed by atoms with van der Waals surface area (Å²) in [5.41, 5.74) is 6.42. The number of nitrogens with two attached hydrogens (primary N) is 1. The van der Waals surface area contributed by atoms with Crippen molar-refractivity contribution in [2.45, 2.75) is 19.3 Å². The first-order valence-corrected chi connectivity index (χ1v) is 7.68. The SMILES string of the molecule is Cl.NCC(=O)c1ccc(NC(=O)OCCN2CCCCC2)cc1. The molecule has 1 heterocycles. The van der Waals surface area contributed by atoms with Gasteiger partial charge in [-0.25, -0.2) is 4.79 Å². The van der Waals surface area contributed by atoms with Gasteiger partial charge in [0.15, 0.2) is 5.78 Å². The molecule has 0 aromatic heterocycles. The predicted octanol–water partition coefficient (Wildman–Crippen LogP) is 2.28. The number of nitrogens with one attached hydrogen (secondary N) is 1. The number of nitrogens with zero attached hydrogens (tertiary/aromatic N) is 1. The maximum atomic E-state index is 11.7. The molecule has 0 unspecified atom stereocenters. The zero-order valence-electron chi connectivity index (χ0n) is 13.1. The lowest BCUT2D eigenvalue weighted by molar-refractivity contribution is 0.100. The van der Waals surface area contributed by atoms with Crippen LogP contribution >= 0.6 is 12.4 Å². The lowest BCUT2D eigenvalue weighted by Crippen LogP contribution is -2.33. The molecular weight excluding hydrogens is 318 g/mol. The summed E-state index contributed by atoms with van der Waals surface area (Å²) in [6, 6.07) is 6.60. The van der Waals surface area contributed by atoms with Gasteiger partial charge in [-0.1, -0.05) is 6.42 Å². The number of carbonyl (C=O) groups is 2. The Morgan fingerprint density at radius 1 is 1.13 bits per heavy atom. The second-order valence-electron chi connectivity index (χ2n) is 5.37. The first-order chi connectivity index (χ1) is 10.7. The van der Waals surface area contributed by atoms with Gasteiger partial charge >= 0.3 is 6.09 Å². The smallest absolute Gasteiger partial charge is 0.411 e. The van der Waals surface area contributed by atoms with Crippen LogP contribution in [0.25, 0.3) is 0 Å². The topological polar surface area (TPSA) is 84.7 Å². The van der Waals surface area contributed by atoms with E-state index in [0.717, 1.165) is 19.6 Å². The number of carbonyl (C=O) groups excluding carboxylic acids is 2. The van der Waals surface area contributed by atoms with Gasteiger partial charge in [-0.2, -0.15) is 0 Å². The Labute approximate surface area is 142 Å². The van der Waals surface area contributed by atoms with Crippen molar-refractivity contribution in [3.8, 4) is 0 Å². The molecule has 0 aliphatic carbocycles. The fourth-order valence-electron chi connectivity index (χ4n) is 2.46. The highest BCUT2D eigenvalue weighted by atomic mass is 35.5. The molecule has 1 aromatic carbocycles. The van der Waals surface area contributed by atoms with Crippen LogP contribution in [0.3, 0.4) is 0 Å². The number of ether oxygens (including phenoxy) is 1. The van der Waals surface area contributed by atoms with Gasteiger partial charge in [0.05, 0.1) is 6.54 Å². The summed E-state index contributed by atoms with van der Waals surface area (Å²) in [6.07, 6.45) is 3.26. The lowest BCUT2D eigenvalue weighted by Gasteiger charge is -2.25. The highest BCUT2D eigenvalue weighted by molar-refractivity contribution is 5.98. The number of piperidine rings is 1. The second-order valence-corrected chi connectivity index (χ2v) is 5.37. The van der Waals surface area contributed by atoms with Gasteiger partial charge in [0.1, 0.15) is 6.61 Å². The second kappa shape index (κ2) is 10.2. The molecule has 1 aliphatic rings. The summed E-state index contributed by atoms with van der Waals surface area (Å²) >= 11 is 0. The monoisotopic (exact) mass is 341 g/mol. The molecule has 3 N–H and O–H groups in total. The molecule has 1 aliphatic heterocycles. The molecule has 0 atom stereocenters. The van der Waals surface area contributed by atoms with E-state index in [1.165, 1.54) is 19.3 Å². The number of anilines is 1. The molecule has 1 amide bonds. The number of hydrogen-bond donors (Lipinski definition) is 2. The number of halogens is 1. The Morgan fingerprint density at radius 3 is 2.39 bits per heavy atom. The van der Waals surface area contributed by atoms with Crippen molar-refractivity contribution in [2.75, 3.05) is 38.1 Å². The van der Waals surface area contributed by atoms with Crippen LogP contribution in [0, 0.1) is 0 Å². The van der Waals surface area contributed by atoms with Gasteiger partial charge in [0, 0.05) is 17.8 Å². The van der Waals surface area contributed by atoms with E-state index in [-0.39, 0.29) is 24.7 Å². The van der Waals surface area contributed by atoms with Crippen LogP contribution in [-0.2, 0) is 4.74 Å². The molecular formula is C16H24ClN3O3. The van der Waals surface area contributed by atoms with Gasteiger partial charge in [0.25, 0.3) is 0 Å². The summed E-state index contributed by atoms with van der Waals surface area (Å²) in [5.74, 6) is -0.129. The molecule has 1 saturated heterocycles. The van der Waals surface area contributed by atoms with Crippen LogP contribution in [0.4, 0.5) is 10.5 Å². The van der Waals surface area contributed by atoms with Crippen molar-refractivity contribution in [3.63, 3.8) is 0 Å². The number of likely N-dealkylation sites (tertiary alicyclic amines) is 1. The summed E-state index contributed by atoms with van der Waals surface area (Å²) in [6.45, 7) is 3.31. The van der Waals surface area contributed by atoms with Gasteiger partial charge in [-0.05, 0) is 50.2 Å². The van der Waals surface area contributed by atoms with E-state index < -0.39 is 6.09 Å². The molecule has 0 radical (unpaired) electrons. The molecule has 0 bridgehead atoms. The quantitative estimate of drug-likeness (QED) is 0.775. The van der Waals surface area contributed by atoms with Gasteiger partial charge in [-0.3, -0.25) is 15.0 Å². The third-order valence-electron chi connectivity index (χ3n) is 3.73. The minimum absolute atomic E-state index is 0. The van der Waals surface area contributed by atoms with E-state index in [1.807, 2.05) is 0 Å². The Kier molecular flexibility index (Phi) is 8.61. The van der Waals surface area contributed by atoms with E-state index in [2.05, 4.69) is 10.2 Å². The summed E-state index contributed by atoms with van der Waals surface area (Å²) in [5, 5.41) is 2.64. The Morgan fingerprint density at radius 2 is 1.78 bits per heavy atom. The normalized spacial score (nSPS) is 14.7. The summed E-state index contributed by atoms with van der Waals surface area (Å²) in [4.78, 5) is 25.4. The lowest BCUT2D eigenvalue weighted by atomic mass is 10.1. The zero-order chi connectivity index (χ0) is 15.8. The first kappa shape index (κ1) is 19.4. The standard InChI is InChI=1S/C16H23N3O3.ClH/c17-12-15(20)13-4-6-14(7-5-13)18-16(21)22-11-10-19-8-2-1-3-9-19;/h4-7H,1-3,8-12,17H2,(H,18,21);1H. The van der Waals surface area contributed by atoms with Crippen LogP contribution in [0.5, 0.6) is 0 Å². The largest absolute Gasteiger partial charge is 0.448 e. The molecule has 7 heteroatoms. The molecule has 2 rings (SSSR count). The Hall–Kier alpha value is -1.63. The summed E-state index contributed by atoms with van der Waals surface area (Å²) in [7, 11) is 0. The van der Waals surface area contributed by atoms with Crippen molar-refractivity contribution < 1.29 is 14.3 Å². The number of Topliss-reactive ketones (excluding diaryl/α,β-unsaturated/α-hetero) is 1. The van der Waals surface area contributed by atoms with Gasteiger partial charge in [0.2, 0.25) is 0 Å². The number of ketones is 1. The zero-order valence-corrected chi connectivity index (χ0v) is 13.9. The van der Waals surface area contributed by atoms with E-state index in [4.69, 9.17) is 10.5 Å². The number of hydrogen-bond acceptors (Lipinski definition) is 5. The highest BCUT2D eigenvalue weighted by Crippen LogP contribution is 2.11. The van der Waals surface area contributed by atoms with E-state index >= 15 is 0 Å². The fraction of sp³-hybridized carbons (Fsp3) is 0.500. The number of benzene rings is 1. The molecule has 1 fully saturated rings. The Balaban J connectivity index is 0.00000264. The number of rotatable bonds is 6. The molecule has 0 saturated carbocycles. The predicted molar refractivity (Wildman–Crippen MR) is 92.3 cm³/mol. The average molecular weight is 342 g/mol. The van der Waals surface area contributed by atoms with Crippen LogP contribution in [0.15, 0.2) is 24.3 Å². The van der Waals surface area contributed by atoms with Crippen LogP contribution in [-0.4, -0.2) is 49.6 Å². The van der Waals surface area contributed by atoms with Gasteiger partial charge in [-0.15, -0.1) is 12.4 Å². The Bertz CT molecular complexity index is 502. The van der Waals surface area contributed by atoms with Crippen LogP contribution in [0.2, 0.25) is 0 Å². The van der Waals surface area contributed by atoms with Crippen molar-refractivity contribution in [1.82, 2.24) is 4.90 Å². The van der Waals surface area contributed by atoms with Crippen molar-refractivity contribution in [2.24, 2.45) is 5.73 Å². The molecule has 6 nitrogen and oxygen atoms in total. The fourth-order valence-corrected chi connectivity index (χ4v) is 2.46. The van der Waals surface area contributed by atoms with Gasteiger partial charge < -0.3 is 10.5 Å². The van der Waals surface area contributed by atoms with E-state index in [1.54, 1.807) is 24.3 Å². The first-order valence-electron chi connectivity index (χ1n) is 7.68. The third-order valence-corrected chi connectivity index (χ3v) is 3.73. The van der Waals surface area contributed by atoms with E-state index in [0.29, 0.717) is 17.9 Å². The average Bonchev–Trinajstić information content (AvgIpc) is 2.56. The molecule has 0 spiro atoms. The third kappa shape index (κ3) is 6.56. The molecule has 128 valence electrons. The highest BCUT2D eigenvalue weighted by Gasteiger charge is 2.11. The summed E-state index contributed by atoms with van der Waals surface area (Å²) < 4.78 is 5.17. The maximum absolute atomic E-state index is 11.7. The maximum Gasteiger partial charge on any atom is 0.411 e. The van der Waals surface area contributed by atoms with E-state index in [9.17, 15) is 9.59 Å². The van der Waals surface area contributed by atoms with Crippen LogP contribution < -0.4 is 11.1 Å². The minimum atomic E-state index is -0.477. The van der Waals surface area contributed by atoms with Crippen molar-refractivity contribution in [3.05, 3.63) is 29.8 Å². The minimum Gasteiger partial charge on any atom is -0.448 e. The van der Waals surface area contributed by atoms with Crippen LogP contribution in [0.1, 0.15) is 29.6 Å². The van der Waals surface area contributed by atoms with Crippen molar-refractivity contribution >= 4 is 30.0 Å². The number of amides is 1.